The molecule has 2 atom stereocenters. The van der Waals surface area contributed by atoms with Gasteiger partial charge in [-0.05, 0) is 36.6 Å². The molecule has 144 valence electrons. The van der Waals surface area contributed by atoms with Gasteiger partial charge in [-0.25, -0.2) is 8.78 Å². The van der Waals surface area contributed by atoms with E-state index in [0.717, 1.165) is 36.3 Å². The van der Waals surface area contributed by atoms with Gasteiger partial charge in [0.15, 0.2) is 11.6 Å². The first kappa shape index (κ1) is 18.3. The Kier molecular flexibility index (Phi) is 4.88. The Morgan fingerprint density at radius 2 is 1.85 bits per heavy atom. The van der Waals surface area contributed by atoms with Gasteiger partial charge in [-0.15, -0.1) is 0 Å². The number of rotatable bonds is 3. The molecule has 2 N–H and O–H groups in total. The van der Waals surface area contributed by atoms with Crippen LogP contribution in [0, 0.1) is 11.6 Å². The summed E-state index contributed by atoms with van der Waals surface area (Å²) in [5, 5.41) is 20.8. The predicted molar refractivity (Wildman–Crippen MR) is 96.4 cm³/mol. The van der Waals surface area contributed by atoms with Crippen LogP contribution in [0.25, 0.3) is 0 Å². The third-order valence-corrected chi connectivity index (χ3v) is 5.70. The molecule has 0 bridgehead atoms. The van der Waals surface area contributed by atoms with Crippen LogP contribution in [0.3, 0.4) is 0 Å². The molecule has 2 heterocycles. The maximum Gasteiger partial charge on any atom is 0.159 e. The second-order valence-corrected chi connectivity index (χ2v) is 7.53. The molecular formula is C21H23F2NO3. The molecule has 0 amide bonds. The Morgan fingerprint density at radius 1 is 1.11 bits per heavy atom. The number of nitrogens with zero attached hydrogens (tertiary/aromatic N) is 1. The summed E-state index contributed by atoms with van der Waals surface area (Å²) in [6, 6.07) is 11.1. The van der Waals surface area contributed by atoms with Crippen molar-refractivity contribution in [3.8, 4) is 5.75 Å². The van der Waals surface area contributed by atoms with Gasteiger partial charge in [0, 0.05) is 31.6 Å². The Labute approximate surface area is 157 Å². The molecule has 0 unspecified atom stereocenters. The number of para-hydroxylation sites is 1. The fourth-order valence-electron chi connectivity index (χ4n) is 4.10. The fraction of sp³-hybridized carbons (Fsp3) is 0.429. The smallest absolute Gasteiger partial charge is 0.159 e. The number of halogens is 2. The van der Waals surface area contributed by atoms with Gasteiger partial charge >= 0.3 is 0 Å². The van der Waals surface area contributed by atoms with Crippen LogP contribution in [0.15, 0.2) is 42.5 Å². The topological polar surface area (TPSA) is 52.9 Å². The maximum atomic E-state index is 13.4. The van der Waals surface area contributed by atoms with Gasteiger partial charge in [0.25, 0.3) is 0 Å². The van der Waals surface area contributed by atoms with Crippen LogP contribution in [-0.2, 0) is 0 Å². The van der Waals surface area contributed by atoms with E-state index in [9.17, 15) is 19.0 Å². The molecule has 27 heavy (non-hydrogen) atoms. The summed E-state index contributed by atoms with van der Waals surface area (Å²) in [7, 11) is 0. The molecule has 0 aliphatic carbocycles. The highest BCUT2D eigenvalue weighted by Gasteiger charge is 2.42. The molecule has 0 saturated carbocycles. The number of β-amino-alcohol motifs (C(OH)–C–C–N with tert-alkyl or cyclic N) is 1. The molecule has 2 aromatic rings. The molecule has 2 aliphatic heterocycles. The summed E-state index contributed by atoms with van der Waals surface area (Å²) >= 11 is 0. The number of hydrogen-bond donors (Lipinski definition) is 2. The molecule has 4 nitrogen and oxygen atoms in total. The number of likely N-dealkylation sites (tertiary alicyclic amines) is 1. The van der Waals surface area contributed by atoms with Crippen molar-refractivity contribution in [2.24, 2.45) is 0 Å². The van der Waals surface area contributed by atoms with Crippen molar-refractivity contribution in [3.05, 3.63) is 65.2 Å². The minimum Gasteiger partial charge on any atom is -0.487 e. The first-order valence-corrected chi connectivity index (χ1v) is 9.27. The Bertz CT molecular complexity index is 821. The van der Waals surface area contributed by atoms with Crippen molar-refractivity contribution in [3.63, 3.8) is 0 Å². The molecule has 6 heteroatoms. The highest BCUT2D eigenvalue weighted by atomic mass is 19.2. The second kappa shape index (κ2) is 7.19. The maximum absolute atomic E-state index is 13.4. The van der Waals surface area contributed by atoms with Crippen LogP contribution in [0.5, 0.6) is 5.75 Å². The van der Waals surface area contributed by atoms with Crippen LogP contribution >= 0.6 is 0 Å². The minimum atomic E-state index is -0.951. The van der Waals surface area contributed by atoms with Crippen LogP contribution < -0.4 is 4.74 Å². The predicted octanol–water partition coefficient (Wildman–Crippen LogP) is 3.35. The molecule has 2 aromatic carbocycles. The quantitative estimate of drug-likeness (QED) is 0.864. The zero-order valence-corrected chi connectivity index (χ0v) is 14.9. The molecule has 2 aliphatic rings. The summed E-state index contributed by atoms with van der Waals surface area (Å²) in [6.45, 7) is 1.76. The molecule has 1 spiro atoms. The molecule has 0 aromatic heterocycles. The lowest BCUT2D eigenvalue weighted by molar-refractivity contribution is -0.0587. The van der Waals surface area contributed by atoms with Gasteiger partial charge in [0.1, 0.15) is 11.4 Å². The highest BCUT2D eigenvalue weighted by Crippen LogP contribution is 2.44. The zero-order valence-electron chi connectivity index (χ0n) is 14.9. The standard InChI is InChI=1S/C21H23F2NO3/c22-16-6-5-14(11-17(16)23)19(26)13-24-9-7-21(8-10-24)12-18(25)15-3-1-2-4-20(15)27-21/h1-6,11,18-19,25-26H,7-10,12-13H2/t18-,19+/m0/s1. The molecule has 1 saturated heterocycles. The molecule has 1 fully saturated rings. The van der Waals surface area contributed by atoms with Gasteiger partial charge < -0.3 is 19.8 Å². The summed E-state index contributed by atoms with van der Waals surface area (Å²) in [6.07, 6.45) is 0.622. The van der Waals surface area contributed by atoms with Crippen LogP contribution in [0.4, 0.5) is 8.78 Å². The number of piperidine rings is 1. The summed E-state index contributed by atoms with van der Waals surface area (Å²) in [4.78, 5) is 2.09. The van der Waals surface area contributed by atoms with E-state index in [2.05, 4.69) is 4.90 Å². The minimum absolute atomic E-state index is 0.348. The van der Waals surface area contributed by atoms with Crippen LogP contribution in [0.2, 0.25) is 0 Å². The van der Waals surface area contributed by atoms with Crippen LogP contribution in [0.1, 0.15) is 42.6 Å². The molecular weight excluding hydrogens is 352 g/mol. The second-order valence-electron chi connectivity index (χ2n) is 7.53. The van der Waals surface area contributed by atoms with E-state index >= 15 is 0 Å². The fourth-order valence-corrected chi connectivity index (χ4v) is 4.10. The summed E-state index contributed by atoms with van der Waals surface area (Å²) < 4.78 is 32.7. The lowest BCUT2D eigenvalue weighted by Crippen LogP contribution is -2.51. The lowest BCUT2D eigenvalue weighted by Gasteiger charge is -2.46. The van der Waals surface area contributed by atoms with Crippen LogP contribution in [-0.4, -0.2) is 40.3 Å². The number of ether oxygens (including phenoxy) is 1. The third kappa shape index (κ3) is 3.70. The molecule has 0 radical (unpaired) electrons. The summed E-state index contributed by atoms with van der Waals surface area (Å²) in [5.41, 5.74) is 0.809. The van der Waals surface area contributed by atoms with E-state index in [-0.39, 0.29) is 0 Å². The van der Waals surface area contributed by atoms with E-state index in [1.807, 2.05) is 24.3 Å². The van der Waals surface area contributed by atoms with Gasteiger partial charge in [-0.1, -0.05) is 24.3 Å². The van der Waals surface area contributed by atoms with Gasteiger partial charge in [0.05, 0.1) is 12.2 Å². The van der Waals surface area contributed by atoms with Crippen molar-refractivity contribution < 1.29 is 23.7 Å². The van der Waals surface area contributed by atoms with E-state index < -0.39 is 29.4 Å². The third-order valence-electron chi connectivity index (χ3n) is 5.70. The SMILES string of the molecule is O[C@H](CN1CCC2(CC1)C[C@H](O)c1ccccc1O2)c1ccc(F)c(F)c1. The Hall–Kier alpha value is -2.02. The largest absolute Gasteiger partial charge is 0.487 e. The normalized spacial score (nSPS) is 22.9. The van der Waals surface area contributed by atoms with Gasteiger partial charge in [-0.3, -0.25) is 0 Å². The first-order chi connectivity index (χ1) is 13.0. The number of benzene rings is 2. The van der Waals surface area contributed by atoms with E-state index in [1.165, 1.54) is 6.07 Å². The Balaban J connectivity index is 1.38. The number of aliphatic hydroxyl groups excluding tert-OH is 2. The first-order valence-electron chi connectivity index (χ1n) is 9.27. The summed E-state index contributed by atoms with van der Waals surface area (Å²) in [5.74, 6) is -1.13. The number of fused-ring (bicyclic) bond motifs is 1. The van der Waals surface area contributed by atoms with Gasteiger partial charge in [0.2, 0.25) is 0 Å². The van der Waals surface area contributed by atoms with Crippen molar-refractivity contribution in [2.45, 2.75) is 37.1 Å². The lowest BCUT2D eigenvalue weighted by atomic mass is 9.81. The van der Waals surface area contributed by atoms with Crippen molar-refractivity contribution in [2.75, 3.05) is 19.6 Å². The van der Waals surface area contributed by atoms with Crippen molar-refractivity contribution >= 4 is 0 Å². The zero-order chi connectivity index (χ0) is 19.0. The molecule has 4 rings (SSSR count). The van der Waals surface area contributed by atoms with E-state index in [0.29, 0.717) is 31.6 Å². The average molecular weight is 375 g/mol. The Morgan fingerprint density at radius 3 is 2.59 bits per heavy atom. The van der Waals surface area contributed by atoms with Crippen molar-refractivity contribution in [1.82, 2.24) is 4.90 Å². The average Bonchev–Trinajstić information content (AvgIpc) is 2.66. The number of hydrogen-bond acceptors (Lipinski definition) is 4. The van der Waals surface area contributed by atoms with E-state index in [4.69, 9.17) is 4.74 Å². The van der Waals surface area contributed by atoms with E-state index in [1.54, 1.807) is 0 Å². The highest BCUT2D eigenvalue weighted by molar-refractivity contribution is 5.38. The van der Waals surface area contributed by atoms with Crippen molar-refractivity contribution in [1.29, 1.82) is 0 Å². The number of aliphatic hydroxyl groups is 2. The monoisotopic (exact) mass is 375 g/mol. The van der Waals surface area contributed by atoms with Gasteiger partial charge in [-0.2, -0.15) is 0 Å².